The van der Waals surface area contributed by atoms with Gasteiger partial charge in [-0.2, -0.15) is 9.61 Å². The van der Waals surface area contributed by atoms with Gasteiger partial charge >= 0.3 is 0 Å². The molecule has 4 heterocycles. The van der Waals surface area contributed by atoms with Crippen LogP contribution in [0.1, 0.15) is 63.5 Å². The van der Waals surface area contributed by atoms with Gasteiger partial charge in [0.15, 0.2) is 11.5 Å². The van der Waals surface area contributed by atoms with Crippen LogP contribution in [-0.4, -0.2) is 67.0 Å². The molecular formula is C21H30N8O. The zero-order valence-corrected chi connectivity index (χ0v) is 18.8. The monoisotopic (exact) mass is 410 g/mol. The Labute approximate surface area is 176 Å². The van der Waals surface area contributed by atoms with Crippen molar-refractivity contribution in [2.24, 2.45) is 0 Å². The minimum absolute atomic E-state index is 0.0661. The Morgan fingerprint density at radius 3 is 2.40 bits per heavy atom. The quantitative estimate of drug-likeness (QED) is 0.712. The van der Waals surface area contributed by atoms with Gasteiger partial charge in [-0.05, 0) is 18.2 Å². The number of anilines is 1. The van der Waals surface area contributed by atoms with Gasteiger partial charge in [0.1, 0.15) is 11.5 Å². The minimum atomic E-state index is -0.148. The summed E-state index contributed by atoms with van der Waals surface area (Å²) in [4.78, 5) is 16.8. The number of aromatic amines is 1. The number of carbonyl (C=O) groups is 1. The lowest BCUT2D eigenvalue weighted by atomic mass is 9.92. The molecule has 1 N–H and O–H groups in total. The number of rotatable bonds is 3. The first-order chi connectivity index (χ1) is 13.9. The SMILES string of the molecule is CN(C(=O)c1cc(C(C)(C)C)[nH]n1)C1CN(c2ccc3nnc(C(C)(C)C)n3n2)C1. The van der Waals surface area contributed by atoms with E-state index in [0.29, 0.717) is 5.69 Å². The van der Waals surface area contributed by atoms with Gasteiger partial charge in [0, 0.05) is 36.7 Å². The average molecular weight is 411 g/mol. The van der Waals surface area contributed by atoms with Crippen LogP contribution in [0.2, 0.25) is 0 Å². The lowest BCUT2D eigenvalue weighted by Crippen LogP contribution is -2.60. The number of hydrogen-bond acceptors (Lipinski definition) is 6. The molecule has 160 valence electrons. The van der Waals surface area contributed by atoms with Crippen molar-refractivity contribution in [2.45, 2.75) is 58.4 Å². The van der Waals surface area contributed by atoms with Crippen molar-refractivity contribution in [1.82, 2.24) is 34.9 Å². The summed E-state index contributed by atoms with van der Waals surface area (Å²) < 4.78 is 1.81. The molecule has 1 fully saturated rings. The summed E-state index contributed by atoms with van der Waals surface area (Å²) in [6.45, 7) is 14.0. The van der Waals surface area contributed by atoms with E-state index in [2.05, 4.69) is 66.8 Å². The Kier molecular flexibility index (Phi) is 4.59. The van der Waals surface area contributed by atoms with Crippen LogP contribution in [0.5, 0.6) is 0 Å². The Morgan fingerprint density at radius 1 is 1.10 bits per heavy atom. The fraction of sp³-hybridized carbons (Fsp3) is 0.571. The van der Waals surface area contributed by atoms with Crippen LogP contribution >= 0.6 is 0 Å². The van der Waals surface area contributed by atoms with Crippen molar-refractivity contribution >= 4 is 17.4 Å². The molecule has 0 unspecified atom stereocenters. The first-order valence-corrected chi connectivity index (χ1v) is 10.3. The van der Waals surface area contributed by atoms with Crippen LogP contribution < -0.4 is 4.90 Å². The van der Waals surface area contributed by atoms with E-state index in [1.165, 1.54) is 0 Å². The second-order valence-corrected chi connectivity index (χ2v) is 10.1. The van der Waals surface area contributed by atoms with Crippen molar-refractivity contribution in [1.29, 1.82) is 0 Å². The predicted molar refractivity (Wildman–Crippen MR) is 115 cm³/mol. The van der Waals surface area contributed by atoms with Gasteiger partial charge in [-0.1, -0.05) is 41.5 Å². The lowest BCUT2D eigenvalue weighted by molar-refractivity contribution is 0.0699. The molecule has 0 atom stereocenters. The topological polar surface area (TPSA) is 95.3 Å². The number of nitrogens with one attached hydrogen (secondary N) is 1. The van der Waals surface area contributed by atoms with Gasteiger partial charge in [-0.3, -0.25) is 9.89 Å². The number of carbonyl (C=O) groups excluding carboxylic acids is 1. The Balaban J connectivity index is 1.45. The number of fused-ring (bicyclic) bond motifs is 1. The normalized spacial score (nSPS) is 15.5. The molecule has 0 spiro atoms. The zero-order valence-electron chi connectivity index (χ0n) is 18.8. The number of nitrogens with zero attached hydrogens (tertiary/aromatic N) is 7. The van der Waals surface area contributed by atoms with Gasteiger partial charge in [-0.25, -0.2) is 0 Å². The average Bonchev–Trinajstić information content (AvgIpc) is 3.25. The van der Waals surface area contributed by atoms with E-state index >= 15 is 0 Å². The van der Waals surface area contributed by atoms with Crippen molar-refractivity contribution in [3.8, 4) is 0 Å². The van der Waals surface area contributed by atoms with E-state index in [9.17, 15) is 4.79 Å². The summed E-state index contributed by atoms with van der Waals surface area (Å²) in [6, 6.07) is 5.86. The maximum atomic E-state index is 12.8. The van der Waals surface area contributed by atoms with Crippen molar-refractivity contribution in [3.63, 3.8) is 0 Å². The molecule has 1 aliphatic rings. The molecular weight excluding hydrogens is 380 g/mol. The number of hydrogen-bond donors (Lipinski definition) is 1. The molecule has 9 nitrogen and oxygen atoms in total. The van der Waals surface area contributed by atoms with Crippen LogP contribution in [-0.2, 0) is 10.8 Å². The molecule has 1 amide bonds. The fourth-order valence-electron chi connectivity index (χ4n) is 3.46. The highest BCUT2D eigenvalue weighted by Gasteiger charge is 2.35. The van der Waals surface area contributed by atoms with Gasteiger partial charge in [-0.15, -0.1) is 15.3 Å². The summed E-state index contributed by atoms with van der Waals surface area (Å²) in [6.07, 6.45) is 0. The second-order valence-electron chi connectivity index (χ2n) is 10.1. The lowest BCUT2D eigenvalue weighted by Gasteiger charge is -2.44. The molecule has 0 bridgehead atoms. The summed E-state index contributed by atoms with van der Waals surface area (Å²) in [5, 5.41) is 20.5. The molecule has 30 heavy (non-hydrogen) atoms. The molecule has 0 saturated carbocycles. The largest absolute Gasteiger partial charge is 0.351 e. The van der Waals surface area contributed by atoms with Crippen LogP contribution in [0.4, 0.5) is 5.82 Å². The molecule has 3 aromatic heterocycles. The third kappa shape index (κ3) is 3.53. The van der Waals surface area contributed by atoms with Gasteiger partial charge in [0.05, 0.1) is 6.04 Å². The van der Waals surface area contributed by atoms with E-state index in [4.69, 9.17) is 5.10 Å². The van der Waals surface area contributed by atoms with Gasteiger partial charge in [0.2, 0.25) is 0 Å². The molecule has 1 aliphatic heterocycles. The van der Waals surface area contributed by atoms with E-state index in [-0.39, 0.29) is 22.8 Å². The minimum Gasteiger partial charge on any atom is -0.351 e. The van der Waals surface area contributed by atoms with E-state index < -0.39 is 0 Å². The molecule has 0 aliphatic carbocycles. The van der Waals surface area contributed by atoms with Crippen LogP contribution in [0.3, 0.4) is 0 Å². The number of amides is 1. The summed E-state index contributed by atoms with van der Waals surface area (Å²) >= 11 is 0. The maximum absolute atomic E-state index is 12.8. The van der Waals surface area contributed by atoms with Crippen molar-refractivity contribution < 1.29 is 4.79 Å². The second kappa shape index (κ2) is 6.78. The van der Waals surface area contributed by atoms with E-state index in [1.807, 2.05) is 29.8 Å². The summed E-state index contributed by atoms with van der Waals surface area (Å²) in [7, 11) is 1.84. The summed E-state index contributed by atoms with van der Waals surface area (Å²) in [5.74, 6) is 1.63. The smallest absolute Gasteiger partial charge is 0.274 e. The molecule has 4 rings (SSSR count). The van der Waals surface area contributed by atoms with Gasteiger partial charge < -0.3 is 9.80 Å². The highest BCUT2D eigenvalue weighted by Crippen LogP contribution is 2.26. The van der Waals surface area contributed by atoms with Gasteiger partial charge in [0.25, 0.3) is 5.91 Å². The molecule has 9 heteroatoms. The maximum Gasteiger partial charge on any atom is 0.274 e. The molecule has 3 aromatic rings. The van der Waals surface area contributed by atoms with Crippen molar-refractivity contribution in [3.05, 3.63) is 35.4 Å². The third-order valence-electron chi connectivity index (χ3n) is 5.58. The number of likely N-dealkylation sites (N-methyl/N-ethyl adjacent to an activating group) is 1. The molecule has 0 radical (unpaired) electrons. The van der Waals surface area contributed by atoms with Crippen LogP contribution in [0.25, 0.3) is 5.65 Å². The predicted octanol–water partition coefficient (Wildman–Crippen LogP) is 2.40. The highest BCUT2D eigenvalue weighted by atomic mass is 16.2. The first kappa shape index (κ1) is 20.3. The van der Waals surface area contributed by atoms with Crippen LogP contribution in [0.15, 0.2) is 18.2 Å². The standard InChI is InChI=1S/C21H30N8O/c1-20(2,3)15-10-14(22-23-15)18(30)27(7)13-11-28(12-13)17-9-8-16-24-25-19(21(4,5)6)29(16)26-17/h8-10,13H,11-12H2,1-7H3,(H,22,23). The van der Waals surface area contributed by atoms with Crippen molar-refractivity contribution in [2.75, 3.05) is 25.0 Å². The Hall–Kier alpha value is -2.97. The Bertz CT molecular complexity index is 1080. The molecule has 0 aromatic carbocycles. The van der Waals surface area contributed by atoms with E-state index in [1.54, 1.807) is 4.90 Å². The zero-order chi connectivity index (χ0) is 21.8. The molecule has 1 saturated heterocycles. The number of aromatic nitrogens is 6. The Morgan fingerprint density at radius 2 is 1.80 bits per heavy atom. The first-order valence-electron chi connectivity index (χ1n) is 10.3. The van der Waals surface area contributed by atoms with Crippen LogP contribution in [0, 0.1) is 0 Å². The van der Waals surface area contributed by atoms with E-state index in [0.717, 1.165) is 36.1 Å². The fourth-order valence-corrected chi connectivity index (χ4v) is 3.46. The summed E-state index contributed by atoms with van der Waals surface area (Å²) in [5.41, 5.74) is 1.93. The highest BCUT2D eigenvalue weighted by molar-refractivity contribution is 5.92. The third-order valence-corrected chi connectivity index (χ3v) is 5.58. The number of H-pyrrole nitrogens is 1.